The number of carbonyl (C=O) groups excluding carboxylic acids is 2. The van der Waals surface area contributed by atoms with Gasteiger partial charge in [-0.15, -0.1) is 0 Å². The summed E-state index contributed by atoms with van der Waals surface area (Å²) in [5.41, 5.74) is 1.63. The first-order valence-corrected chi connectivity index (χ1v) is 8.32. The Labute approximate surface area is 138 Å². The van der Waals surface area contributed by atoms with Crippen LogP contribution in [-0.4, -0.2) is 37.0 Å². The molecule has 126 valence electrons. The van der Waals surface area contributed by atoms with E-state index in [1.54, 1.807) is 31.1 Å². The summed E-state index contributed by atoms with van der Waals surface area (Å²) in [6, 6.07) is 7.50. The van der Waals surface area contributed by atoms with Crippen molar-refractivity contribution in [2.45, 2.75) is 45.2 Å². The molecule has 1 aliphatic carbocycles. The second kappa shape index (κ2) is 7.99. The van der Waals surface area contributed by atoms with E-state index in [2.05, 4.69) is 17.6 Å². The van der Waals surface area contributed by atoms with Crippen LogP contribution < -0.4 is 10.6 Å². The summed E-state index contributed by atoms with van der Waals surface area (Å²) in [4.78, 5) is 25.4. The smallest absolute Gasteiger partial charge is 0.315 e. The van der Waals surface area contributed by atoms with Crippen molar-refractivity contribution in [1.82, 2.24) is 15.5 Å². The van der Waals surface area contributed by atoms with Crippen LogP contribution in [0.15, 0.2) is 24.3 Å². The lowest BCUT2D eigenvalue weighted by atomic mass is 9.86. The molecule has 23 heavy (non-hydrogen) atoms. The minimum absolute atomic E-state index is 0.0199. The molecule has 2 unspecified atom stereocenters. The largest absolute Gasteiger partial charge is 0.345 e. The molecule has 5 nitrogen and oxygen atoms in total. The van der Waals surface area contributed by atoms with Crippen LogP contribution in [-0.2, 0) is 6.54 Å². The number of carbonyl (C=O) groups is 2. The Balaban J connectivity index is 1.81. The van der Waals surface area contributed by atoms with Gasteiger partial charge in [-0.05, 0) is 36.5 Å². The highest BCUT2D eigenvalue weighted by Crippen LogP contribution is 2.23. The van der Waals surface area contributed by atoms with Gasteiger partial charge in [0.2, 0.25) is 0 Å². The minimum Gasteiger partial charge on any atom is -0.345 e. The van der Waals surface area contributed by atoms with Crippen molar-refractivity contribution in [2.24, 2.45) is 5.92 Å². The Kier molecular flexibility index (Phi) is 6.02. The van der Waals surface area contributed by atoms with Crippen molar-refractivity contribution >= 4 is 11.9 Å². The van der Waals surface area contributed by atoms with Crippen molar-refractivity contribution < 1.29 is 9.59 Å². The molecule has 0 aromatic heterocycles. The third-order valence-electron chi connectivity index (χ3n) is 4.49. The molecule has 1 saturated carbocycles. The molecule has 1 fully saturated rings. The summed E-state index contributed by atoms with van der Waals surface area (Å²) >= 11 is 0. The van der Waals surface area contributed by atoms with Crippen LogP contribution in [0, 0.1) is 5.92 Å². The van der Waals surface area contributed by atoms with Crippen molar-refractivity contribution in [3.05, 3.63) is 35.4 Å². The van der Waals surface area contributed by atoms with Gasteiger partial charge < -0.3 is 15.5 Å². The molecule has 1 aromatic rings. The molecule has 2 rings (SSSR count). The first kappa shape index (κ1) is 17.3. The summed E-state index contributed by atoms with van der Waals surface area (Å²) in [5, 5.41) is 5.97. The van der Waals surface area contributed by atoms with Gasteiger partial charge in [0, 0.05) is 32.2 Å². The van der Waals surface area contributed by atoms with Gasteiger partial charge in [0.1, 0.15) is 0 Å². The number of rotatable bonds is 4. The van der Waals surface area contributed by atoms with E-state index in [0.29, 0.717) is 18.0 Å². The maximum atomic E-state index is 12.0. The predicted molar refractivity (Wildman–Crippen MR) is 91.3 cm³/mol. The van der Waals surface area contributed by atoms with E-state index in [9.17, 15) is 9.59 Å². The fourth-order valence-corrected chi connectivity index (χ4v) is 2.96. The Hall–Kier alpha value is -2.04. The van der Waals surface area contributed by atoms with Gasteiger partial charge in [0.15, 0.2) is 0 Å². The molecule has 0 spiro atoms. The molecule has 0 aliphatic heterocycles. The average molecular weight is 317 g/mol. The van der Waals surface area contributed by atoms with E-state index in [-0.39, 0.29) is 18.0 Å². The third kappa shape index (κ3) is 4.98. The van der Waals surface area contributed by atoms with Crippen LogP contribution in [0.2, 0.25) is 0 Å². The van der Waals surface area contributed by atoms with E-state index in [0.717, 1.165) is 12.0 Å². The lowest BCUT2D eigenvalue weighted by Crippen LogP contribution is -2.45. The Morgan fingerprint density at radius 1 is 1.13 bits per heavy atom. The standard InChI is InChI=1S/C18H27N3O2/c1-13-6-4-5-7-16(13)20-18(23)19-12-14-8-10-15(11-9-14)17(22)21(2)3/h8-11,13,16H,4-7,12H2,1-3H3,(H2,19,20,23). The second-order valence-electron chi connectivity index (χ2n) is 6.59. The Bertz CT molecular complexity index is 540. The van der Waals surface area contributed by atoms with Gasteiger partial charge in [0.25, 0.3) is 5.91 Å². The van der Waals surface area contributed by atoms with Crippen LogP contribution in [0.3, 0.4) is 0 Å². The molecule has 0 radical (unpaired) electrons. The summed E-state index contributed by atoms with van der Waals surface area (Å²) < 4.78 is 0. The number of benzene rings is 1. The van der Waals surface area contributed by atoms with Gasteiger partial charge in [-0.2, -0.15) is 0 Å². The van der Waals surface area contributed by atoms with E-state index in [1.165, 1.54) is 19.3 Å². The van der Waals surface area contributed by atoms with E-state index >= 15 is 0 Å². The van der Waals surface area contributed by atoms with Gasteiger partial charge in [0.05, 0.1) is 0 Å². The van der Waals surface area contributed by atoms with Gasteiger partial charge >= 0.3 is 6.03 Å². The molecular formula is C18H27N3O2. The molecule has 0 saturated heterocycles. The molecular weight excluding hydrogens is 290 g/mol. The molecule has 2 atom stereocenters. The summed E-state index contributed by atoms with van der Waals surface area (Å²) in [6.07, 6.45) is 4.71. The molecule has 1 aliphatic rings. The predicted octanol–water partition coefficient (Wildman–Crippen LogP) is 2.77. The Morgan fingerprint density at radius 3 is 2.39 bits per heavy atom. The van der Waals surface area contributed by atoms with Crippen LogP contribution in [0.25, 0.3) is 0 Å². The van der Waals surface area contributed by atoms with Crippen LogP contribution in [0.4, 0.5) is 4.79 Å². The van der Waals surface area contributed by atoms with Crippen molar-refractivity contribution in [1.29, 1.82) is 0 Å². The number of amides is 3. The third-order valence-corrected chi connectivity index (χ3v) is 4.49. The van der Waals surface area contributed by atoms with E-state index in [4.69, 9.17) is 0 Å². The summed E-state index contributed by atoms with van der Waals surface area (Å²) in [5.74, 6) is 0.527. The molecule has 0 heterocycles. The summed E-state index contributed by atoms with van der Waals surface area (Å²) in [6.45, 7) is 2.66. The number of urea groups is 1. The second-order valence-corrected chi connectivity index (χ2v) is 6.59. The molecule has 5 heteroatoms. The van der Waals surface area contributed by atoms with Gasteiger partial charge in [-0.25, -0.2) is 4.79 Å². The highest BCUT2D eigenvalue weighted by atomic mass is 16.2. The van der Waals surface area contributed by atoms with Crippen molar-refractivity contribution in [3.8, 4) is 0 Å². The Morgan fingerprint density at radius 2 is 1.78 bits per heavy atom. The van der Waals surface area contributed by atoms with Gasteiger partial charge in [-0.3, -0.25) is 4.79 Å². The number of hydrogen-bond donors (Lipinski definition) is 2. The quantitative estimate of drug-likeness (QED) is 0.897. The molecule has 1 aromatic carbocycles. The molecule has 0 bridgehead atoms. The number of hydrogen-bond acceptors (Lipinski definition) is 2. The van der Waals surface area contributed by atoms with Crippen LogP contribution in [0.5, 0.6) is 0 Å². The minimum atomic E-state index is -0.114. The molecule has 3 amide bonds. The number of nitrogens with one attached hydrogen (secondary N) is 2. The van der Waals surface area contributed by atoms with Gasteiger partial charge in [-0.1, -0.05) is 31.9 Å². The molecule has 2 N–H and O–H groups in total. The maximum Gasteiger partial charge on any atom is 0.315 e. The fraction of sp³-hybridized carbons (Fsp3) is 0.556. The topological polar surface area (TPSA) is 61.4 Å². The highest BCUT2D eigenvalue weighted by molar-refractivity contribution is 5.93. The summed E-state index contributed by atoms with van der Waals surface area (Å²) in [7, 11) is 3.46. The van der Waals surface area contributed by atoms with E-state index in [1.807, 2.05) is 12.1 Å². The zero-order chi connectivity index (χ0) is 16.8. The maximum absolute atomic E-state index is 12.0. The lowest BCUT2D eigenvalue weighted by molar-refractivity contribution is 0.0827. The zero-order valence-electron chi connectivity index (χ0n) is 14.3. The van der Waals surface area contributed by atoms with Crippen molar-refractivity contribution in [3.63, 3.8) is 0 Å². The first-order chi connectivity index (χ1) is 11.0. The lowest BCUT2D eigenvalue weighted by Gasteiger charge is -2.29. The highest BCUT2D eigenvalue weighted by Gasteiger charge is 2.22. The first-order valence-electron chi connectivity index (χ1n) is 8.32. The van der Waals surface area contributed by atoms with Crippen LogP contribution in [0.1, 0.15) is 48.5 Å². The normalized spacial score (nSPS) is 20.7. The SMILES string of the molecule is CC1CCCCC1NC(=O)NCc1ccc(C(=O)N(C)C)cc1. The van der Waals surface area contributed by atoms with Crippen molar-refractivity contribution in [2.75, 3.05) is 14.1 Å². The number of nitrogens with zero attached hydrogens (tertiary/aromatic N) is 1. The van der Waals surface area contributed by atoms with E-state index < -0.39 is 0 Å². The zero-order valence-corrected chi connectivity index (χ0v) is 14.3. The van der Waals surface area contributed by atoms with Crippen LogP contribution >= 0.6 is 0 Å². The monoisotopic (exact) mass is 317 g/mol. The average Bonchev–Trinajstić information content (AvgIpc) is 2.55. The fourth-order valence-electron chi connectivity index (χ4n) is 2.96.